The Balaban J connectivity index is 2.92. The first kappa shape index (κ1) is 10.3. The molecule has 1 aromatic rings. The molecule has 0 aromatic heterocycles. The summed E-state index contributed by atoms with van der Waals surface area (Å²) in [5.41, 5.74) is 5.76. The Hall–Kier alpha value is -0.780. The van der Waals surface area contributed by atoms with Gasteiger partial charge in [0.25, 0.3) is 0 Å². The highest BCUT2D eigenvalue weighted by atomic mass is 14.1. The zero-order valence-electron chi connectivity index (χ0n) is 8.98. The molecular weight excluding hydrogens is 156 g/mol. The Labute approximate surface area is 82.0 Å². The van der Waals surface area contributed by atoms with E-state index in [-0.39, 0.29) is 0 Å². The van der Waals surface area contributed by atoms with Crippen LogP contribution in [0.5, 0.6) is 0 Å². The highest BCUT2D eigenvalue weighted by molar-refractivity contribution is 5.37. The predicted molar refractivity (Wildman–Crippen MR) is 58.9 cm³/mol. The maximum atomic E-state index is 3.88. The maximum absolute atomic E-state index is 3.88. The molecule has 13 heavy (non-hydrogen) atoms. The van der Waals surface area contributed by atoms with E-state index in [2.05, 4.69) is 39.8 Å². The van der Waals surface area contributed by atoms with E-state index in [1.54, 1.807) is 0 Å². The van der Waals surface area contributed by atoms with Gasteiger partial charge in [0.05, 0.1) is 0 Å². The van der Waals surface area contributed by atoms with Gasteiger partial charge in [-0.1, -0.05) is 31.0 Å². The van der Waals surface area contributed by atoms with Crippen LogP contribution in [0.2, 0.25) is 0 Å². The minimum Gasteiger partial charge on any atom is -0.0561 e. The van der Waals surface area contributed by atoms with Gasteiger partial charge in [-0.15, -0.1) is 0 Å². The van der Waals surface area contributed by atoms with Crippen molar-refractivity contribution in [3.8, 4) is 0 Å². The van der Waals surface area contributed by atoms with Crippen molar-refractivity contribution in [3.05, 3.63) is 41.3 Å². The Morgan fingerprint density at radius 1 is 1.08 bits per heavy atom. The van der Waals surface area contributed by atoms with Crippen LogP contribution in [-0.4, -0.2) is 0 Å². The summed E-state index contributed by atoms with van der Waals surface area (Å²) in [6.45, 7) is 10.4. The van der Waals surface area contributed by atoms with Crippen molar-refractivity contribution in [2.24, 2.45) is 0 Å². The fraction of sp³-hybridized carbons (Fsp3) is 0.462. The third-order valence-electron chi connectivity index (χ3n) is 2.52. The molecule has 0 heterocycles. The minimum atomic E-state index is 1.03. The van der Waals surface area contributed by atoms with Crippen LogP contribution >= 0.6 is 0 Å². The summed E-state index contributed by atoms with van der Waals surface area (Å²) in [4.78, 5) is 0. The smallest absolute Gasteiger partial charge is 0.0274 e. The second-order valence-corrected chi connectivity index (χ2v) is 3.83. The molecule has 0 aliphatic rings. The summed E-state index contributed by atoms with van der Waals surface area (Å²) in [6, 6.07) is 4.54. The van der Waals surface area contributed by atoms with Crippen molar-refractivity contribution in [2.45, 2.75) is 40.0 Å². The summed E-state index contributed by atoms with van der Waals surface area (Å²) in [5.74, 6) is 0. The quantitative estimate of drug-likeness (QED) is 0.656. The van der Waals surface area contributed by atoms with Gasteiger partial charge < -0.3 is 0 Å². The van der Waals surface area contributed by atoms with Gasteiger partial charge in [-0.05, 0) is 50.3 Å². The fourth-order valence-corrected chi connectivity index (χ4v) is 1.91. The molecular formula is C13H19. The van der Waals surface area contributed by atoms with Crippen LogP contribution in [0.4, 0.5) is 0 Å². The lowest BCUT2D eigenvalue weighted by atomic mass is 9.96. The van der Waals surface area contributed by atoms with E-state index in [1.807, 2.05) is 0 Å². The van der Waals surface area contributed by atoms with Crippen molar-refractivity contribution < 1.29 is 0 Å². The molecule has 0 bridgehead atoms. The van der Waals surface area contributed by atoms with E-state index in [9.17, 15) is 0 Å². The Morgan fingerprint density at radius 3 is 2.08 bits per heavy atom. The Kier molecular flexibility index (Phi) is 3.53. The standard InChI is InChI=1S/C13H19/c1-5-6-7-13-11(3)8-10(2)9-12(13)4/h8-9H,1,5-7H2,2-4H3. The van der Waals surface area contributed by atoms with Crippen LogP contribution in [0.25, 0.3) is 0 Å². The van der Waals surface area contributed by atoms with Crippen molar-refractivity contribution in [2.75, 3.05) is 0 Å². The third kappa shape index (κ3) is 2.58. The van der Waals surface area contributed by atoms with Crippen LogP contribution in [0, 0.1) is 27.7 Å². The number of benzene rings is 1. The van der Waals surface area contributed by atoms with Crippen molar-refractivity contribution in [1.29, 1.82) is 0 Å². The van der Waals surface area contributed by atoms with Crippen LogP contribution in [-0.2, 0) is 6.42 Å². The molecule has 1 aromatic carbocycles. The normalized spacial score (nSPS) is 10.5. The van der Waals surface area contributed by atoms with Gasteiger partial charge in [0.2, 0.25) is 0 Å². The molecule has 0 N–H and O–H groups in total. The van der Waals surface area contributed by atoms with E-state index in [4.69, 9.17) is 0 Å². The van der Waals surface area contributed by atoms with Crippen molar-refractivity contribution in [1.82, 2.24) is 0 Å². The number of hydrogen-bond acceptors (Lipinski definition) is 0. The number of unbranched alkanes of at least 4 members (excludes halogenated alkanes) is 1. The molecule has 0 aliphatic carbocycles. The van der Waals surface area contributed by atoms with Crippen LogP contribution < -0.4 is 0 Å². The van der Waals surface area contributed by atoms with Gasteiger partial charge in [-0.2, -0.15) is 0 Å². The van der Waals surface area contributed by atoms with Gasteiger partial charge in [-0.25, -0.2) is 0 Å². The SMILES string of the molecule is [CH2]CCCc1c(C)cc(C)cc1C. The second kappa shape index (κ2) is 4.45. The number of rotatable bonds is 3. The predicted octanol–water partition coefficient (Wildman–Crippen LogP) is 3.77. The van der Waals surface area contributed by atoms with E-state index in [0.717, 1.165) is 6.42 Å². The largest absolute Gasteiger partial charge is 0.0561 e. The lowest BCUT2D eigenvalue weighted by Gasteiger charge is -2.10. The van der Waals surface area contributed by atoms with Gasteiger partial charge in [-0.3, -0.25) is 0 Å². The van der Waals surface area contributed by atoms with Crippen molar-refractivity contribution in [3.63, 3.8) is 0 Å². The molecule has 71 valence electrons. The van der Waals surface area contributed by atoms with E-state index < -0.39 is 0 Å². The first-order valence-electron chi connectivity index (χ1n) is 5.01. The third-order valence-corrected chi connectivity index (χ3v) is 2.52. The van der Waals surface area contributed by atoms with Crippen LogP contribution in [0.1, 0.15) is 35.1 Å². The minimum absolute atomic E-state index is 1.03. The van der Waals surface area contributed by atoms with Crippen LogP contribution in [0.3, 0.4) is 0 Å². The summed E-state index contributed by atoms with van der Waals surface area (Å²) >= 11 is 0. The molecule has 1 radical (unpaired) electrons. The van der Waals surface area contributed by atoms with Gasteiger partial charge in [0.1, 0.15) is 0 Å². The molecule has 0 heteroatoms. The van der Waals surface area contributed by atoms with E-state index in [0.29, 0.717) is 0 Å². The van der Waals surface area contributed by atoms with Gasteiger partial charge in [0, 0.05) is 0 Å². The maximum Gasteiger partial charge on any atom is -0.0274 e. The van der Waals surface area contributed by atoms with Gasteiger partial charge >= 0.3 is 0 Å². The molecule has 0 atom stereocenters. The first-order valence-corrected chi connectivity index (χ1v) is 5.01. The monoisotopic (exact) mass is 175 g/mol. The lowest BCUT2D eigenvalue weighted by molar-refractivity contribution is 0.829. The molecule has 0 unspecified atom stereocenters. The highest BCUT2D eigenvalue weighted by Crippen LogP contribution is 2.18. The Bertz CT molecular complexity index is 261. The summed E-state index contributed by atoms with van der Waals surface area (Å²) in [6.07, 6.45) is 3.42. The zero-order chi connectivity index (χ0) is 9.84. The van der Waals surface area contributed by atoms with Gasteiger partial charge in [0.15, 0.2) is 0 Å². The molecule has 0 amide bonds. The molecule has 0 saturated heterocycles. The lowest BCUT2D eigenvalue weighted by Crippen LogP contribution is -1.94. The summed E-state index contributed by atoms with van der Waals surface area (Å²) in [7, 11) is 0. The second-order valence-electron chi connectivity index (χ2n) is 3.83. The fourth-order valence-electron chi connectivity index (χ4n) is 1.91. The molecule has 0 fully saturated rings. The summed E-state index contributed by atoms with van der Waals surface area (Å²) < 4.78 is 0. The first-order chi connectivity index (χ1) is 6.15. The molecule has 0 aliphatic heterocycles. The highest BCUT2D eigenvalue weighted by Gasteiger charge is 2.02. The molecule has 0 saturated carbocycles. The molecule has 1 rings (SSSR count). The topological polar surface area (TPSA) is 0 Å². The van der Waals surface area contributed by atoms with Crippen molar-refractivity contribution >= 4 is 0 Å². The molecule has 0 spiro atoms. The number of aryl methyl sites for hydroxylation is 3. The Morgan fingerprint density at radius 2 is 1.62 bits per heavy atom. The average molecular weight is 175 g/mol. The average Bonchev–Trinajstić information content (AvgIpc) is 2.02. The van der Waals surface area contributed by atoms with E-state index in [1.165, 1.54) is 35.1 Å². The zero-order valence-corrected chi connectivity index (χ0v) is 8.98. The van der Waals surface area contributed by atoms with Crippen LogP contribution in [0.15, 0.2) is 12.1 Å². The summed E-state index contributed by atoms with van der Waals surface area (Å²) in [5, 5.41) is 0. The van der Waals surface area contributed by atoms with E-state index >= 15 is 0 Å². The molecule has 0 nitrogen and oxygen atoms in total. The number of hydrogen-bond donors (Lipinski definition) is 0.